The second kappa shape index (κ2) is 7.20. The molecule has 0 aromatic heterocycles. The molecule has 19 heavy (non-hydrogen) atoms. The predicted octanol–water partition coefficient (Wildman–Crippen LogP) is 3.80. The number of thioether (sulfide) groups is 1. The van der Waals surface area contributed by atoms with E-state index < -0.39 is 0 Å². The van der Waals surface area contributed by atoms with Gasteiger partial charge in [0.05, 0.1) is 7.11 Å². The van der Waals surface area contributed by atoms with Crippen molar-refractivity contribution in [2.24, 2.45) is 0 Å². The van der Waals surface area contributed by atoms with Crippen LogP contribution >= 0.6 is 11.8 Å². The van der Waals surface area contributed by atoms with Gasteiger partial charge in [0, 0.05) is 11.3 Å². The summed E-state index contributed by atoms with van der Waals surface area (Å²) in [5.74, 6) is 0.977. The summed E-state index contributed by atoms with van der Waals surface area (Å²) in [7, 11) is 1.74. The highest BCUT2D eigenvalue weighted by Gasteiger charge is 2.20. The molecule has 1 aliphatic rings. The Morgan fingerprint density at radius 2 is 2.32 bits per heavy atom. The summed E-state index contributed by atoms with van der Waals surface area (Å²) in [4.78, 5) is 0. The minimum atomic E-state index is 0.507. The summed E-state index contributed by atoms with van der Waals surface area (Å²) < 4.78 is 5.36. The molecule has 1 N–H and O–H groups in total. The van der Waals surface area contributed by atoms with Crippen LogP contribution in [0.15, 0.2) is 18.2 Å². The van der Waals surface area contributed by atoms with E-state index in [4.69, 9.17) is 4.74 Å². The molecule has 1 aromatic carbocycles. The van der Waals surface area contributed by atoms with Crippen molar-refractivity contribution >= 4 is 11.8 Å². The van der Waals surface area contributed by atoms with Crippen molar-refractivity contribution in [2.45, 2.75) is 43.9 Å². The molecule has 2 atom stereocenters. The minimum Gasteiger partial charge on any atom is -0.497 e. The Labute approximate surface area is 121 Å². The Morgan fingerprint density at radius 3 is 3.05 bits per heavy atom. The topological polar surface area (TPSA) is 21.3 Å². The number of methoxy groups -OCH3 is 1. The van der Waals surface area contributed by atoms with Gasteiger partial charge in [-0.3, -0.25) is 0 Å². The maximum atomic E-state index is 5.36. The molecular weight excluding hydrogens is 254 g/mol. The van der Waals surface area contributed by atoms with E-state index >= 15 is 0 Å². The minimum absolute atomic E-state index is 0.507. The Bertz CT molecular complexity index is 408. The largest absolute Gasteiger partial charge is 0.497 e. The van der Waals surface area contributed by atoms with E-state index in [1.54, 1.807) is 7.11 Å². The Morgan fingerprint density at radius 1 is 1.47 bits per heavy atom. The number of aryl methyl sites for hydroxylation is 1. The van der Waals surface area contributed by atoms with Gasteiger partial charge in [0.15, 0.2) is 0 Å². The molecule has 3 heteroatoms. The van der Waals surface area contributed by atoms with E-state index in [0.717, 1.165) is 17.5 Å². The molecule has 0 aliphatic heterocycles. The maximum Gasteiger partial charge on any atom is 0.119 e. The monoisotopic (exact) mass is 279 g/mol. The fraction of sp³-hybridized carbons (Fsp3) is 0.625. The van der Waals surface area contributed by atoms with E-state index in [9.17, 15) is 0 Å². The molecule has 0 heterocycles. The van der Waals surface area contributed by atoms with Gasteiger partial charge in [0.25, 0.3) is 0 Å². The van der Waals surface area contributed by atoms with Crippen LogP contribution in [0.4, 0.5) is 0 Å². The third-order valence-corrected chi connectivity index (χ3v) is 5.05. The Balaban J connectivity index is 2.00. The molecular formula is C16H25NOS. The average molecular weight is 279 g/mol. The van der Waals surface area contributed by atoms with E-state index in [-0.39, 0.29) is 0 Å². The van der Waals surface area contributed by atoms with Gasteiger partial charge in [-0.2, -0.15) is 11.8 Å². The highest BCUT2D eigenvalue weighted by atomic mass is 32.2. The van der Waals surface area contributed by atoms with Gasteiger partial charge in [-0.05, 0) is 61.7 Å². The summed E-state index contributed by atoms with van der Waals surface area (Å²) in [6, 6.07) is 7.03. The van der Waals surface area contributed by atoms with E-state index in [0.29, 0.717) is 6.04 Å². The van der Waals surface area contributed by atoms with Gasteiger partial charge in [0.2, 0.25) is 0 Å². The van der Waals surface area contributed by atoms with Gasteiger partial charge in [0.1, 0.15) is 5.75 Å². The maximum absolute atomic E-state index is 5.36. The molecule has 1 aliphatic carbocycles. The number of rotatable bonds is 6. The lowest BCUT2D eigenvalue weighted by molar-refractivity contribution is 0.408. The van der Waals surface area contributed by atoms with Crippen LogP contribution in [0.2, 0.25) is 0 Å². The summed E-state index contributed by atoms with van der Waals surface area (Å²) in [6.07, 6.45) is 7.16. The van der Waals surface area contributed by atoms with Crippen LogP contribution < -0.4 is 10.1 Å². The SMILES string of the molecule is COc1ccc2c(c1)C(NCCC(C)SC)CCC2. The molecule has 1 aromatic rings. The predicted molar refractivity (Wildman–Crippen MR) is 84.3 cm³/mol. The molecule has 106 valence electrons. The quantitative estimate of drug-likeness (QED) is 0.855. The van der Waals surface area contributed by atoms with E-state index in [2.05, 4.69) is 36.7 Å². The highest BCUT2D eigenvalue weighted by Crippen LogP contribution is 2.32. The smallest absolute Gasteiger partial charge is 0.119 e. The van der Waals surface area contributed by atoms with Crippen LogP contribution in [0, 0.1) is 0 Å². The first-order valence-electron chi connectivity index (χ1n) is 7.17. The molecule has 0 radical (unpaired) electrons. The number of benzene rings is 1. The molecule has 0 saturated carbocycles. The van der Waals surface area contributed by atoms with Gasteiger partial charge in [-0.25, -0.2) is 0 Å². The number of fused-ring (bicyclic) bond motifs is 1. The van der Waals surface area contributed by atoms with Gasteiger partial charge in [-0.15, -0.1) is 0 Å². The molecule has 0 fully saturated rings. The van der Waals surface area contributed by atoms with Crippen LogP contribution in [-0.2, 0) is 6.42 Å². The molecule has 0 saturated heterocycles. The molecule has 0 bridgehead atoms. The van der Waals surface area contributed by atoms with E-state index in [1.807, 2.05) is 11.8 Å². The van der Waals surface area contributed by atoms with Crippen LogP contribution in [0.1, 0.15) is 43.4 Å². The molecule has 0 spiro atoms. The van der Waals surface area contributed by atoms with Crippen molar-refractivity contribution < 1.29 is 4.74 Å². The van der Waals surface area contributed by atoms with Crippen LogP contribution in [0.5, 0.6) is 5.75 Å². The normalized spacial score (nSPS) is 19.8. The third kappa shape index (κ3) is 3.90. The summed E-state index contributed by atoms with van der Waals surface area (Å²) >= 11 is 1.94. The first kappa shape index (κ1) is 14.7. The summed E-state index contributed by atoms with van der Waals surface area (Å²) in [6.45, 7) is 3.40. The number of nitrogens with one attached hydrogen (secondary N) is 1. The molecule has 0 amide bonds. The van der Waals surface area contributed by atoms with Crippen LogP contribution in [0.25, 0.3) is 0 Å². The van der Waals surface area contributed by atoms with Crippen molar-refractivity contribution in [1.82, 2.24) is 5.32 Å². The lowest BCUT2D eigenvalue weighted by atomic mass is 9.87. The van der Waals surface area contributed by atoms with Crippen LogP contribution in [0.3, 0.4) is 0 Å². The fourth-order valence-corrected chi connectivity index (χ4v) is 3.05. The molecule has 2 rings (SSSR count). The molecule has 2 nitrogen and oxygen atoms in total. The number of ether oxygens (including phenoxy) is 1. The van der Waals surface area contributed by atoms with Gasteiger partial charge in [-0.1, -0.05) is 13.0 Å². The zero-order valence-corrected chi connectivity index (χ0v) is 13.1. The summed E-state index contributed by atoms with van der Waals surface area (Å²) in [5.41, 5.74) is 2.94. The van der Waals surface area contributed by atoms with Gasteiger partial charge >= 0.3 is 0 Å². The van der Waals surface area contributed by atoms with E-state index in [1.165, 1.54) is 36.8 Å². The second-order valence-electron chi connectivity index (χ2n) is 5.30. The number of hydrogen-bond donors (Lipinski definition) is 1. The lowest BCUT2D eigenvalue weighted by Gasteiger charge is -2.27. The highest BCUT2D eigenvalue weighted by molar-refractivity contribution is 7.99. The molecule has 2 unspecified atom stereocenters. The Kier molecular flexibility index (Phi) is 5.59. The number of hydrogen-bond acceptors (Lipinski definition) is 3. The average Bonchev–Trinajstić information content (AvgIpc) is 2.46. The van der Waals surface area contributed by atoms with Crippen LogP contribution in [-0.4, -0.2) is 25.2 Å². The standard InChI is InChI=1S/C16H25NOS/c1-12(19-3)9-10-17-16-6-4-5-13-7-8-14(18-2)11-15(13)16/h7-8,11-12,16-17H,4-6,9-10H2,1-3H3. The fourth-order valence-electron chi connectivity index (χ4n) is 2.69. The van der Waals surface area contributed by atoms with Crippen molar-refractivity contribution in [3.63, 3.8) is 0 Å². The zero-order valence-electron chi connectivity index (χ0n) is 12.2. The Hall–Kier alpha value is -0.670. The van der Waals surface area contributed by atoms with Gasteiger partial charge < -0.3 is 10.1 Å². The van der Waals surface area contributed by atoms with Crippen molar-refractivity contribution in [1.29, 1.82) is 0 Å². The lowest BCUT2D eigenvalue weighted by Crippen LogP contribution is -2.27. The first-order chi connectivity index (χ1) is 9.24. The second-order valence-corrected chi connectivity index (χ2v) is 6.57. The van der Waals surface area contributed by atoms with Crippen molar-refractivity contribution in [3.05, 3.63) is 29.3 Å². The summed E-state index contributed by atoms with van der Waals surface area (Å²) in [5, 5.41) is 4.46. The first-order valence-corrected chi connectivity index (χ1v) is 8.46. The zero-order chi connectivity index (χ0) is 13.7. The van der Waals surface area contributed by atoms with Crippen molar-refractivity contribution in [2.75, 3.05) is 19.9 Å². The van der Waals surface area contributed by atoms with Crippen molar-refractivity contribution in [3.8, 4) is 5.75 Å². The third-order valence-electron chi connectivity index (χ3n) is 4.01.